The summed E-state index contributed by atoms with van der Waals surface area (Å²) < 4.78 is 18.1. The number of hydrogen-bond acceptors (Lipinski definition) is 2. The number of rotatable bonds is 3. The van der Waals surface area contributed by atoms with Crippen molar-refractivity contribution in [2.24, 2.45) is 5.73 Å². The van der Waals surface area contributed by atoms with Crippen LogP contribution >= 0.6 is 0 Å². The first kappa shape index (κ1) is 9.99. The van der Waals surface area contributed by atoms with E-state index in [4.69, 9.17) is 10.5 Å². The van der Waals surface area contributed by atoms with Crippen LogP contribution in [-0.4, -0.2) is 12.1 Å². The highest BCUT2D eigenvalue weighted by molar-refractivity contribution is 5.22. The summed E-state index contributed by atoms with van der Waals surface area (Å²) in [5.74, 6) is 0.221. The molecule has 1 rings (SSSR count). The Labute approximate surface area is 77.5 Å². The highest BCUT2D eigenvalue weighted by atomic mass is 19.1. The van der Waals surface area contributed by atoms with Gasteiger partial charge in [-0.25, -0.2) is 4.39 Å². The van der Waals surface area contributed by atoms with Gasteiger partial charge in [-0.2, -0.15) is 0 Å². The second-order valence-electron chi connectivity index (χ2n) is 3.14. The quantitative estimate of drug-likeness (QED) is 0.777. The summed E-state index contributed by atoms with van der Waals surface area (Å²) in [7, 11) is 0. The third-order valence-corrected chi connectivity index (χ3v) is 1.86. The normalized spacial score (nSPS) is 15.1. The molecular formula is C10H14FNO. The average Bonchev–Trinajstić information content (AvgIpc) is 2.04. The van der Waals surface area contributed by atoms with E-state index < -0.39 is 0 Å². The fourth-order valence-corrected chi connectivity index (χ4v) is 0.862. The minimum absolute atomic E-state index is 0.0664. The van der Waals surface area contributed by atoms with Crippen molar-refractivity contribution >= 4 is 0 Å². The number of halogens is 1. The Morgan fingerprint density at radius 2 is 2.08 bits per heavy atom. The molecule has 2 N–H and O–H groups in total. The molecule has 1 aromatic carbocycles. The van der Waals surface area contributed by atoms with Gasteiger partial charge in [0, 0.05) is 12.1 Å². The Bertz CT molecular complexity index is 275. The van der Waals surface area contributed by atoms with E-state index in [-0.39, 0.29) is 18.0 Å². The monoisotopic (exact) mass is 183 g/mol. The summed E-state index contributed by atoms with van der Waals surface area (Å²) in [6.45, 7) is 3.71. The summed E-state index contributed by atoms with van der Waals surface area (Å²) in [5, 5.41) is 0. The van der Waals surface area contributed by atoms with E-state index in [9.17, 15) is 4.39 Å². The van der Waals surface area contributed by atoms with Crippen LogP contribution in [0.2, 0.25) is 0 Å². The Morgan fingerprint density at radius 3 is 2.62 bits per heavy atom. The van der Waals surface area contributed by atoms with Gasteiger partial charge in [-0.15, -0.1) is 0 Å². The van der Waals surface area contributed by atoms with E-state index >= 15 is 0 Å². The van der Waals surface area contributed by atoms with Gasteiger partial charge in [0.1, 0.15) is 17.7 Å². The lowest BCUT2D eigenvalue weighted by Crippen LogP contribution is -2.33. The maximum atomic E-state index is 12.7. The van der Waals surface area contributed by atoms with E-state index in [0.717, 1.165) is 0 Å². The first-order chi connectivity index (χ1) is 6.09. The van der Waals surface area contributed by atoms with Gasteiger partial charge in [0.25, 0.3) is 0 Å². The summed E-state index contributed by atoms with van der Waals surface area (Å²) in [6.07, 6.45) is -0.109. The van der Waals surface area contributed by atoms with Gasteiger partial charge in [0.05, 0.1) is 0 Å². The maximum Gasteiger partial charge on any atom is 0.126 e. The predicted molar refractivity (Wildman–Crippen MR) is 50.1 cm³/mol. The topological polar surface area (TPSA) is 35.2 Å². The summed E-state index contributed by atoms with van der Waals surface area (Å²) in [4.78, 5) is 0. The van der Waals surface area contributed by atoms with Crippen LogP contribution in [0.4, 0.5) is 4.39 Å². The largest absolute Gasteiger partial charge is 0.489 e. The van der Waals surface area contributed by atoms with Gasteiger partial charge < -0.3 is 10.5 Å². The molecular weight excluding hydrogens is 169 g/mol. The molecule has 2 unspecified atom stereocenters. The van der Waals surface area contributed by atoms with Crippen molar-refractivity contribution in [2.75, 3.05) is 0 Å². The standard InChI is InChI=1S/C10H14FNO/c1-7(12)8(2)13-10-5-3-4-9(11)6-10/h3-8H,12H2,1-2H3. The van der Waals surface area contributed by atoms with Gasteiger partial charge in [-0.05, 0) is 26.0 Å². The van der Waals surface area contributed by atoms with Crippen molar-refractivity contribution in [3.63, 3.8) is 0 Å². The third kappa shape index (κ3) is 3.03. The van der Waals surface area contributed by atoms with Crippen molar-refractivity contribution in [1.29, 1.82) is 0 Å². The molecule has 72 valence electrons. The number of ether oxygens (including phenoxy) is 1. The molecule has 0 saturated heterocycles. The molecule has 0 aliphatic heterocycles. The Hall–Kier alpha value is -1.09. The molecule has 0 radical (unpaired) electrons. The second kappa shape index (κ2) is 4.23. The minimum Gasteiger partial charge on any atom is -0.489 e. The highest BCUT2D eigenvalue weighted by Crippen LogP contribution is 2.14. The van der Waals surface area contributed by atoms with Crippen molar-refractivity contribution in [1.82, 2.24) is 0 Å². The van der Waals surface area contributed by atoms with E-state index in [2.05, 4.69) is 0 Å². The number of nitrogens with two attached hydrogens (primary N) is 1. The van der Waals surface area contributed by atoms with E-state index in [1.54, 1.807) is 12.1 Å². The molecule has 3 heteroatoms. The van der Waals surface area contributed by atoms with Crippen molar-refractivity contribution < 1.29 is 9.13 Å². The van der Waals surface area contributed by atoms with Crippen molar-refractivity contribution in [3.05, 3.63) is 30.1 Å². The Balaban J connectivity index is 2.64. The van der Waals surface area contributed by atoms with Crippen LogP contribution in [-0.2, 0) is 0 Å². The first-order valence-electron chi connectivity index (χ1n) is 4.27. The van der Waals surface area contributed by atoms with Crippen LogP contribution in [0.3, 0.4) is 0 Å². The molecule has 0 fully saturated rings. The van der Waals surface area contributed by atoms with Crippen LogP contribution in [0.25, 0.3) is 0 Å². The summed E-state index contributed by atoms with van der Waals surface area (Å²) in [6, 6.07) is 5.98. The fourth-order valence-electron chi connectivity index (χ4n) is 0.862. The fraction of sp³-hybridized carbons (Fsp3) is 0.400. The second-order valence-corrected chi connectivity index (χ2v) is 3.14. The van der Waals surface area contributed by atoms with Crippen LogP contribution < -0.4 is 10.5 Å². The van der Waals surface area contributed by atoms with Crippen LogP contribution in [0.1, 0.15) is 13.8 Å². The SMILES string of the molecule is CC(N)C(C)Oc1cccc(F)c1. The van der Waals surface area contributed by atoms with Crippen molar-refractivity contribution in [3.8, 4) is 5.75 Å². The zero-order valence-corrected chi connectivity index (χ0v) is 7.83. The minimum atomic E-state index is -0.297. The zero-order valence-electron chi connectivity index (χ0n) is 7.83. The molecule has 0 amide bonds. The van der Waals surface area contributed by atoms with E-state index in [1.807, 2.05) is 13.8 Å². The van der Waals surface area contributed by atoms with Crippen LogP contribution in [0, 0.1) is 5.82 Å². The molecule has 0 aromatic heterocycles. The molecule has 0 aliphatic carbocycles. The molecule has 0 saturated carbocycles. The molecule has 0 heterocycles. The number of benzene rings is 1. The smallest absolute Gasteiger partial charge is 0.126 e. The molecule has 2 atom stereocenters. The summed E-state index contributed by atoms with van der Waals surface area (Å²) in [5.41, 5.74) is 5.60. The lowest BCUT2D eigenvalue weighted by Gasteiger charge is -2.17. The van der Waals surface area contributed by atoms with Gasteiger partial charge in [-0.3, -0.25) is 0 Å². The van der Waals surface area contributed by atoms with Crippen LogP contribution in [0.15, 0.2) is 24.3 Å². The molecule has 0 aliphatic rings. The Kier molecular flexibility index (Phi) is 3.25. The highest BCUT2D eigenvalue weighted by Gasteiger charge is 2.08. The zero-order chi connectivity index (χ0) is 9.84. The average molecular weight is 183 g/mol. The molecule has 0 spiro atoms. The lowest BCUT2D eigenvalue weighted by atomic mass is 10.2. The van der Waals surface area contributed by atoms with E-state index in [1.165, 1.54) is 12.1 Å². The van der Waals surface area contributed by atoms with Crippen LogP contribution in [0.5, 0.6) is 5.75 Å². The first-order valence-corrected chi connectivity index (χ1v) is 4.27. The Morgan fingerprint density at radius 1 is 1.38 bits per heavy atom. The molecule has 13 heavy (non-hydrogen) atoms. The van der Waals surface area contributed by atoms with Gasteiger partial charge in [0.2, 0.25) is 0 Å². The molecule has 0 bridgehead atoms. The summed E-state index contributed by atoms with van der Waals surface area (Å²) >= 11 is 0. The lowest BCUT2D eigenvalue weighted by molar-refractivity contribution is 0.196. The maximum absolute atomic E-state index is 12.7. The van der Waals surface area contributed by atoms with Gasteiger partial charge >= 0.3 is 0 Å². The molecule has 1 aromatic rings. The molecule has 2 nitrogen and oxygen atoms in total. The van der Waals surface area contributed by atoms with Gasteiger partial charge in [-0.1, -0.05) is 6.07 Å². The third-order valence-electron chi connectivity index (χ3n) is 1.86. The predicted octanol–water partition coefficient (Wildman–Crippen LogP) is 1.94. The van der Waals surface area contributed by atoms with Crippen molar-refractivity contribution in [2.45, 2.75) is 26.0 Å². The van der Waals surface area contributed by atoms with Gasteiger partial charge in [0.15, 0.2) is 0 Å². The number of hydrogen-bond donors (Lipinski definition) is 1. The van der Waals surface area contributed by atoms with E-state index in [0.29, 0.717) is 5.75 Å².